The number of benzene rings is 1. The van der Waals surface area contributed by atoms with Crippen molar-refractivity contribution < 1.29 is 13.2 Å². The third-order valence-corrected chi connectivity index (χ3v) is 3.36. The van der Waals surface area contributed by atoms with Crippen molar-refractivity contribution in [2.45, 2.75) is 32.4 Å². The summed E-state index contributed by atoms with van der Waals surface area (Å²) < 4.78 is 39.9. The lowest BCUT2D eigenvalue weighted by molar-refractivity contribution is -0.141. The van der Waals surface area contributed by atoms with Crippen LogP contribution in [0.2, 0.25) is 0 Å². The predicted octanol–water partition coefficient (Wildman–Crippen LogP) is 5.22. The Labute approximate surface area is 129 Å². The van der Waals surface area contributed by atoms with Gasteiger partial charge in [0.05, 0.1) is 5.69 Å². The second-order valence-electron chi connectivity index (χ2n) is 5.72. The molecule has 0 radical (unpaired) electrons. The van der Waals surface area contributed by atoms with Crippen LogP contribution in [-0.2, 0) is 11.6 Å². The number of hydrogen-bond donors (Lipinski definition) is 0. The summed E-state index contributed by atoms with van der Waals surface area (Å²) in [7, 11) is 0. The Morgan fingerprint density at radius 2 is 1.52 bits per heavy atom. The van der Waals surface area contributed by atoms with Crippen LogP contribution in [-0.4, -0.2) is 9.97 Å². The molecule has 0 spiro atoms. The van der Waals surface area contributed by atoms with Crippen LogP contribution in [0.15, 0.2) is 34.8 Å². The van der Waals surface area contributed by atoms with Gasteiger partial charge in [-0.15, -0.1) is 0 Å². The molecule has 1 aromatic heterocycles. The number of alkyl halides is 3. The van der Waals surface area contributed by atoms with Gasteiger partial charge in [0.15, 0.2) is 0 Å². The third-order valence-electron chi connectivity index (χ3n) is 2.83. The molecule has 0 bridgehead atoms. The minimum atomic E-state index is -4.49. The summed E-state index contributed by atoms with van der Waals surface area (Å²) in [6, 6.07) is 7.96. The molecule has 2 aromatic rings. The highest BCUT2D eigenvalue weighted by Crippen LogP contribution is 2.32. The molecule has 0 saturated heterocycles. The second-order valence-corrected chi connectivity index (χ2v) is 6.63. The lowest BCUT2D eigenvalue weighted by Gasteiger charge is -2.19. The SMILES string of the molecule is CC(C)(C)c1nc(-c2ccc(Br)cc2)cc(C(F)(F)F)n1. The smallest absolute Gasteiger partial charge is 0.232 e. The first kappa shape index (κ1) is 15.9. The summed E-state index contributed by atoms with van der Waals surface area (Å²) in [4.78, 5) is 7.97. The highest BCUT2D eigenvalue weighted by Gasteiger charge is 2.35. The van der Waals surface area contributed by atoms with Gasteiger partial charge in [0.25, 0.3) is 0 Å². The summed E-state index contributed by atoms with van der Waals surface area (Å²) in [6.07, 6.45) is -4.49. The van der Waals surface area contributed by atoms with E-state index in [1.807, 2.05) is 0 Å². The van der Waals surface area contributed by atoms with E-state index in [9.17, 15) is 13.2 Å². The molecule has 2 rings (SSSR count). The molecular weight excluding hydrogens is 345 g/mol. The monoisotopic (exact) mass is 358 g/mol. The van der Waals surface area contributed by atoms with Crippen LogP contribution >= 0.6 is 15.9 Å². The van der Waals surface area contributed by atoms with E-state index in [4.69, 9.17) is 0 Å². The van der Waals surface area contributed by atoms with Crippen LogP contribution in [0.25, 0.3) is 11.3 Å². The first-order valence-electron chi connectivity index (χ1n) is 6.30. The minimum absolute atomic E-state index is 0.176. The summed E-state index contributed by atoms with van der Waals surface area (Å²) >= 11 is 3.30. The first-order valence-corrected chi connectivity index (χ1v) is 7.09. The van der Waals surface area contributed by atoms with E-state index in [2.05, 4.69) is 25.9 Å². The van der Waals surface area contributed by atoms with Crippen molar-refractivity contribution in [3.8, 4) is 11.3 Å². The van der Waals surface area contributed by atoms with Crippen molar-refractivity contribution in [2.24, 2.45) is 0 Å². The van der Waals surface area contributed by atoms with Crippen LogP contribution < -0.4 is 0 Å². The molecule has 0 saturated carbocycles. The van der Waals surface area contributed by atoms with Crippen LogP contribution in [0.1, 0.15) is 32.3 Å². The van der Waals surface area contributed by atoms with Crippen molar-refractivity contribution in [3.05, 3.63) is 46.3 Å². The second kappa shape index (κ2) is 5.40. The molecule has 0 fully saturated rings. The van der Waals surface area contributed by atoms with Gasteiger partial charge in [0.1, 0.15) is 11.5 Å². The Kier molecular flexibility index (Phi) is 4.10. The van der Waals surface area contributed by atoms with E-state index in [1.165, 1.54) is 0 Å². The Morgan fingerprint density at radius 3 is 2.00 bits per heavy atom. The molecule has 0 unspecified atom stereocenters. The molecule has 0 aliphatic heterocycles. The van der Waals surface area contributed by atoms with Crippen molar-refractivity contribution in [2.75, 3.05) is 0 Å². The van der Waals surface area contributed by atoms with Gasteiger partial charge in [0.2, 0.25) is 0 Å². The van der Waals surface area contributed by atoms with Gasteiger partial charge < -0.3 is 0 Å². The molecule has 6 heteroatoms. The number of rotatable bonds is 1. The molecule has 0 N–H and O–H groups in total. The van der Waals surface area contributed by atoms with E-state index in [0.717, 1.165) is 10.5 Å². The van der Waals surface area contributed by atoms with E-state index in [1.54, 1.807) is 45.0 Å². The van der Waals surface area contributed by atoms with Crippen molar-refractivity contribution in [1.82, 2.24) is 9.97 Å². The molecular formula is C15H14BrF3N2. The molecule has 21 heavy (non-hydrogen) atoms. The quantitative estimate of drug-likeness (QED) is 0.698. The molecule has 112 valence electrons. The maximum absolute atomic E-state index is 13.0. The Morgan fingerprint density at radius 1 is 0.952 bits per heavy atom. The third kappa shape index (κ3) is 3.81. The maximum atomic E-state index is 13.0. The Hall–Kier alpha value is -1.43. The van der Waals surface area contributed by atoms with E-state index < -0.39 is 17.3 Å². The zero-order valence-electron chi connectivity index (χ0n) is 11.8. The summed E-state index contributed by atoms with van der Waals surface area (Å²) in [5.41, 5.74) is -0.586. The van der Waals surface area contributed by atoms with Crippen LogP contribution in [0.3, 0.4) is 0 Å². The fourth-order valence-corrected chi connectivity index (χ4v) is 1.96. The standard InChI is InChI=1S/C15H14BrF3N2/c1-14(2,3)13-20-11(8-12(21-13)15(17,18)19)9-4-6-10(16)7-5-9/h4-8H,1-3H3. The Balaban J connectivity index is 2.63. The first-order chi connectivity index (χ1) is 9.57. The summed E-state index contributed by atoms with van der Waals surface area (Å²) in [6.45, 7) is 5.36. The molecule has 0 atom stereocenters. The number of nitrogens with zero attached hydrogens (tertiary/aromatic N) is 2. The van der Waals surface area contributed by atoms with Gasteiger partial charge >= 0.3 is 6.18 Å². The van der Waals surface area contributed by atoms with Crippen LogP contribution in [0, 0.1) is 0 Å². The Bertz CT molecular complexity index is 611. The van der Waals surface area contributed by atoms with Crippen LogP contribution in [0.4, 0.5) is 13.2 Å². The molecule has 0 aliphatic carbocycles. The maximum Gasteiger partial charge on any atom is 0.433 e. The van der Waals surface area contributed by atoms with Crippen molar-refractivity contribution in [1.29, 1.82) is 0 Å². The lowest BCUT2D eigenvalue weighted by Crippen LogP contribution is -2.20. The van der Waals surface area contributed by atoms with Gasteiger partial charge in [-0.2, -0.15) is 13.2 Å². The molecule has 0 aliphatic rings. The highest BCUT2D eigenvalue weighted by atomic mass is 79.9. The highest BCUT2D eigenvalue weighted by molar-refractivity contribution is 9.10. The van der Waals surface area contributed by atoms with Gasteiger partial charge in [-0.1, -0.05) is 48.8 Å². The largest absolute Gasteiger partial charge is 0.433 e. The fraction of sp³-hybridized carbons (Fsp3) is 0.333. The average molecular weight is 359 g/mol. The average Bonchev–Trinajstić information content (AvgIpc) is 2.37. The van der Waals surface area contributed by atoms with Crippen molar-refractivity contribution >= 4 is 15.9 Å². The summed E-state index contributed by atoms with van der Waals surface area (Å²) in [5.74, 6) is 0.176. The van der Waals surface area contributed by atoms with Gasteiger partial charge in [0, 0.05) is 15.5 Å². The van der Waals surface area contributed by atoms with Gasteiger partial charge in [-0.25, -0.2) is 9.97 Å². The zero-order chi connectivity index (χ0) is 15.8. The van der Waals surface area contributed by atoms with E-state index >= 15 is 0 Å². The lowest BCUT2D eigenvalue weighted by atomic mass is 9.95. The number of halogens is 4. The van der Waals surface area contributed by atoms with E-state index in [-0.39, 0.29) is 11.5 Å². The predicted molar refractivity (Wildman–Crippen MR) is 78.9 cm³/mol. The zero-order valence-corrected chi connectivity index (χ0v) is 13.4. The van der Waals surface area contributed by atoms with Gasteiger partial charge in [-0.3, -0.25) is 0 Å². The minimum Gasteiger partial charge on any atom is -0.232 e. The molecule has 1 aromatic carbocycles. The molecule has 2 nitrogen and oxygen atoms in total. The topological polar surface area (TPSA) is 25.8 Å². The molecule has 1 heterocycles. The van der Waals surface area contributed by atoms with Crippen molar-refractivity contribution in [3.63, 3.8) is 0 Å². The summed E-state index contributed by atoms with van der Waals surface area (Å²) in [5, 5.41) is 0. The number of hydrogen-bond acceptors (Lipinski definition) is 2. The van der Waals surface area contributed by atoms with Gasteiger partial charge in [-0.05, 0) is 18.2 Å². The molecule has 0 amide bonds. The number of aromatic nitrogens is 2. The van der Waals surface area contributed by atoms with Crippen LogP contribution in [0.5, 0.6) is 0 Å². The van der Waals surface area contributed by atoms with E-state index in [0.29, 0.717) is 5.56 Å². The fourth-order valence-electron chi connectivity index (χ4n) is 1.70. The normalized spacial score (nSPS) is 12.5.